The third-order valence-electron chi connectivity index (χ3n) is 4.07. The predicted molar refractivity (Wildman–Crippen MR) is 99.8 cm³/mol. The molecule has 0 fully saturated rings. The van der Waals surface area contributed by atoms with E-state index in [9.17, 15) is 14.0 Å². The number of aromatic amines is 1. The summed E-state index contributed by atoms with van der Waals surface area (Å²) >= 11 is 0. The fraction of sp³-hybridized carbons (Fsp3) is 0.158. The van der Waals surface area contributed by atoms with E-state index in [0.29, 0.717) is 16.8 Å². The molecular formula is C19H19FN4O2. The number of benzene rings is 2. The Morgan fingerprint density at radius 2 is 1.69 bits per heavy atom. The first kappa shape index (κ1) is 17.5. The average Bonchev–Trinajstić information content (AvgIpc) is 2.91. The van der Waals surface area contributed by atoms with Crippen LogP contribution in [-0.2, 0) is 11.2 Å². The molecule has 26 heavy (non-hydrogen) atoms. The van der Waals surface area contributed by atoms with Crippen LogP contribution >= 0.6 is 0 Å². The molecule has 3 rings (SSSR count). The quantitative estimate of drug-likeness (QED) is 0.578. The van der Waals surface area contributed by atoms with Crippen molar-refractivity contribution in [2.45, 2.75) is 13.3 Å². The molecule has 3 aromatic rings. The lowest BCUT2D eigenvalue weighted by molar-refractivity contribution is -0.115. The first-order chi connectivity index (χ1) is 12.5. The van der Waals surface area contributed by atoms with Crippen LogP contribution in [-0.4, -0.2) is 24.0 Å². The van der Waals surface area contributed by atoms with Crippen molar-refractivity contribution in [2.24, 2.45) is 0 Å². The third-order valence-corrected chi connectivity index (χ3v) is 4.07. The fourth-order valence-corrected chi connectivity index (χ4v) is 2.78. The molecule has 0 bridgehead atoms. The molecule has 0 radical (unpaired) electrons. The van der Waals surface area contributed by atoms with E-state index in [4.69, 9.17) is 0 Å². The normalized spacial score (nSPS) is 10.6. The number of urea groups is 1. The van der Waals surface area contributed by atoms with Crippen LogP contribution in [0.25, 0.3) is 10.9 Å². The van der Waals surface area contributed by atoms with Gasteiger partial charge in [0, 0.05) is 35.0 Å². The maximum atomic E-state index is 13.5. The summed E-state index contributed by atoms with van der Waals surface area (Å²) in [6.07, 6.45) is 0.132. The molecule has 0 aliphatic heterocycles. The van der Waals surface area contributed by atoms with Crippen LogP contribution in [0.3, 0.4) is 0 Å². The van der Waals surface area contributed by atoms with E-state index < -0.39 is 0 Å². The van der Waals surface area contributed by atoms with Gasteiger partial charge in [0.05, 0.1) is 6.42 Å². The Labute approximate surface area is 149 Å². The first-order valence-corrected chi connectivity index (χ1v) is 8.11. The smallest absolute Gasteiger partial charge is 0.318 e. The van der Waals surface area contributed by atoms with Gasteiger partial charge < -0.3 is 20.9 Å². The van der Waals surface area contributed by atoms with Crippen LogP contribution in [0.5, 0.6) is 0 Å². The number of aryl methyl sites for hydroxylation is 1. The Kier molecular flexibility index (Phi) is 4.88. The molecule has 1 heterocycles. The number of halogens is 1. The number of rotatable bonds is 4. The summed E-state index contributed by atoms with van der Waals surface area (Å²) in [5, 5.41) is 8.62. The molecule has 7 heteroatoms. The van der Waals surface area contributed by atoms with E-state index in [1.54, 1.807) is 30.3 Å². The van der Waals surface area contributed by atoms with E-state index in [1.807, 2.05) is 6.92 Å². The number of carbonyl (C=O) groups is 2. The topological polar surface area (TPSA) is 86.0 Å². The highest BCUT2D eigenvalue weighted by atomic mass is 19.1. The lowest BCUT2D eigenvalue weighted by atomic mass is 10.1. The van der Waals surface area contributed by atoms with Gasteiger partial charge in [-0.1, -0.05) is 0 Å². The zero-order valence-corrected chi connectivity index (χ0v) is 14.4. The monoisotopic (exact) mass is 354 g/mol. The second kappa shape index (κ2) is 7.26. The van der Waals surface area contributed by atoms with Crippen LogP contribution in [0, 0.1) is 12.7 Å². The molecular weight excluding hydrogens is 335 g/mol. The fourth-order valence-electron chi connectivity index (χ4n) is 2.78. The van der Waals surface area contributed by atoms with Crippen LogP contribution in [0.4, 0.5) is 20.6 Å². The minimum atomic E-state index is -0.336. The maximum Gasteiger partial charge on any atom is 0.318 e. The zero-order valence-electron chi connectivity index (χ0n) is 14.4. The van der Waals surface area contributed by atoms with Crippen molar-refractivity contribution in [1.82, 2.24) is 10.3 Å². The number of carbonyl (C=O) groups excluding carboxylic acids is 2. The van der Waals surface area contributed by atoms with Crippen molar-refractivity contribution >= 4 is 34.2 Å². The minimum absolute atomic E-state index is 0.132. The number of H-pyrrole nitrogens is 1. The highest BCUT2D eigenvalue weighted by Gasteiger charge is 2.13. The van der Waals surface area contributed by atoms with Crippen molar-refractivity contribution in [3.05, 3.63) is 59.5 Å². The molecule has 0 aliphatic rings. The van der Waals surface area contributed by atoms with Crippen LogP contribution in [0.2, 0.25) is 0 Å². The molecule has 0 spiro atoms. The van der Waals surface area contributed by atoms with Gasteiger partial charge in [-0.3, -0.25) is 4.79 Å². The molecule has 0 saturated heterocycles. The molecule has 0 atom stereocenters. The predicted octanol–water partition coefficient (Wildman–Crippen LogP) is 3.55. The van der Waals surface area contributed by atoms with Crippen molar-refractivity contribution in [2.75, 3.05) is 17.7 Å². The average molecular weight is 354 g/mol. The van der Waals surface area contributed by atoms with Gasteiger partial charge in [-0.15, -0.1) is 0 Å². The second-order valence-corrected chi connectivity index (χ2v) is 5.92. The van der Waals surface area contributed by atoms with Gasteiger partial charge in [0.2, 0.25) is 5.91 Å². The summed E-state index contributed by atoms with van der Waals surface area (Å²) in [5.74, 6) is -0.539. The summed E-state index contributed by atoms with van der Waals surface area (Å²) < 4.78 is 13.5. The van der Waals surface area contributed by atoms with E-state index >= 15 is 0 Å². The van der Waals surface area contributed by atoms with E-state index in [0.717, 1.165) is 16.8 Å². The highest BCUT2D eigenvalue weighted by molar-refractivity contribution is 5.96. The summed E-state index contributed by atoms with van der Waals surface area (Å²) in [7, 11) is 1.53. The SMILES string of the molecule is CNC(=O)Nc1ccc(NC(=O)Cc2c(C)[nH]c3ccc(F)cc23)cc1. The molecule has 0 saturated carbocycles. The lowest BCUT2D eigenvalue weighted by Crippen LogP contribution is -2.24. The summed E-state index contributed by atoms with van der Waals surface area (Å²) in [5.41, 5.74) is 3.64. The number of nitrogens with one attached hydrogen (secondary N) is 4. The molecule has 4 N–H and O–H groups in total. The Hall–Kier alpha value is -3.35. The van der Waals surface area contributed by atoms with Crippen molar-refractivity contribution < 1.29 is 14.0 Å². The molecule has 6 nitrogen and oxygen atoms in total. The Morgan fingerprint density at radius 1 is 1.04 bits per heavy atom. The number of amides is 3. The maximum absolute atomic E-state index is 13.5. The van der Waals surface area contributed by atoms with E-state index in [-0.39, 0.29) is 24.2 Å². The summed E-state index contributed by atoms with van der Waals surface area (Å²) in [4.78, 5) is 26.8. The summed E-state index contributed by atoms with van der Waals surface area (Å²) in [6.45, 7) is 1.86. The second-order valence-electron chi connectivity index (χ2n) is 5.92. The van der Waals surface area contributed by atoms with E-state index in [2.05, 4.69) is 20.9 Å². The molecule has 134 valence electrons. The van der Waals surface area contributed by atoms with Gasteiger partial charge in [0.15, 0.2) is 0 Å². The Bertz CT molecular complexity index is 964. The number of hydrogen-bond donors (Lipinski definition) is 4. The molecule has 3 amide bonds. The number of aromatic nitrogens is 1. The number of fused-ring (bicyclic) bond motifs is 1. The van der Waals surface area contributed by atoms with Crippen molar-refractivity contribution in [3.8, 4) is 0 Å². The molecule has 1 aromatic heterocycles. The zero-order chi connectivity index (χ0) is 18.7. The van der Waals surface area contributed by atoms with Gasteiger partial charge in [-0.25, -0.2) is 9.18 Å². The van der Waals surface area contributed by atoms with Crippen LogP contribution in [0.15, 0.2) is 42.5 Å². The van der Waals surface area contributed by atoms with Crippen molar-refractivity contribution in [3.63, 3.8) is 0 Å². The molecule has 2 aromatic carbocycles. The van der Waals surface area contributed by atoms with Crippen LogP contribution in [0.1, 0.15) is 11.3 Å². The van der Waals surface area contributed by atoms with Gasteiger partial charge in [0.1, 0.15) is 5.82 Å². The molecule has 0 unspecified atom stereocenters. The highest BCUT2D eigenvalue weighted by Crippen LogP contribution is 2.24. The van der Waals surface area contributed by atoms with Crippen molar-refractivity contribution in [1.29, 1.82) is 0 Å². The Morgan fingerprint density at radius 3 is 2.35 bits per heavy atom. The first-order valence-electron chi connectivity index (χ1n) is 8.11. The minimum Gasteiger partial charge on any atom is -0.358 e. The van der Waals surface area contributed by atoms with E-state index in [1.165, 1.54) is 19.2 Å². The Balaban J connectivity index is 1.70. The lowest BCUT2D eigenvalue weighted by Gasteiger charge is -2.08. The molecule has 0 aliphatic carbocycles. The van der Waals surface area contributed by atoms with Crippen LogP contribution < -0.4 is 16.0 Å². The van der Waals surface area contributed by atoms with Gasteiger partial charge >= 0.3 is 6.03 Å². The number of anilines is 2. The standard InChI is InChI=1S/C19H19FN4O2/c1-11-15(16-9-12(20)3-8-17(16)22-11)10-18(25)23-13-4-6-14(7-5-13)24-19(26)21-2/h3-9,22H,10H2,1-2H3,(H,23,25)(H2,21,24,26). The van der Waals surface area contributed by atoms with Gasteiger partial charge in [-0.05, 0) is 55.0 Å². The largest absolute Gasteiger partial charge is 0.358 e. The van der Waals surface area contributed by atoms with Gasteiger partial charge in [-0.2, -0.15) is 0 Å². The third kappa shape index (κ3) is 3.83. The van der Waals surface area contributed by atoms with Gasteiger partial charge in [0.25, 0.3) is 0 Å². The number of hydrogen-bond acceptors (Lipinski definition) is 2. The summed E-state index contributed by atoms with van der Waals surface area (Å²) in [6, 6.07) is 10.9.